The van der Waals surface area contributed by atoms with E-state index in [0.29, 0.717) is 24.2 Å². The summed E-state index contributed by atoms with van der Waals surface area (Å²) in [4.78, 5) is 31.2. The average molecular weight is 389 g/mol. The van der Waals surface area contributed by atoms with E-state index in [9.17, 15) is 14.0 Å². The number of aromatic nitrogens is 1. The third-order valence-electron chi connectivity index (χ3n) is 5.06. The van der Waals surface area contributed by atoms with Crippen molar-refractivity contribution < 1.29 is 14.0 Å². The molecule has 0 radical (unpaired) electrons. The molecule has 0 bridgehead atoms. The van der Waals surface area contributed by atoms with E-state index in [1.807, 2.05) is 18.2 Å². The van der Waals surface area contributed by atoms with Gasteiger partial charge in [-0.05, 0) is 35.7 Å². The van der Waals surface area contributed by atoms with Gasteiger partial charge in [0.05, 0.1) is 0 Å². The molecule has 4 rings (SSSR count). The van der Waals surface area contributed by atoms with E-state index in [4.69, 9.17) is 0 Å². The van der Waals surface area contributed by atoms with Gasteiger partial charge in [0.25, 0.3) is 11.8 Å². The molecule has 2 aromatic carbocycles. The monoisotopic (exact) mass is 389 g/mol. The summed E-state index contributed by atoms with van der Waals surface area (Å²) < 4.78 is 13.7. The largest absolute Gasteiger partial charge is 0.348 e. The van der Waals surface area contributed by atoms with E-state index < -0.39 is 0 Å². The third kappa shape index (κ3) is 4.16. The summed E-state index contributed by atoms with van der Waals surface area (Å²) in [7, 11) is 0. The predicted octanol–water partition coefficient (Wildman–Crippen LogP) is 3.35. The predicted molar refractivity (Wildman–Crippen MR) is 107 cm³/mol. The Hall–Kier alpha value is -3.54. The number of nitrogens with one attached hydrogen (secondary N) is 1. The second-order valence-electron chi connectivity index (χ2n) is 6.95. The molecule has 0 atom stereocenters. The lowest BCUT2D eigenvalue weighted by Gasteiger charge is -2.28. The molecule has 3 aromatic rings. The summed E-state index contributed by atoms with van der Waals surface area (Å²) in [6.07, 6.45) is 2.24. The molecule has 0 aliphatic carbocycles. The van der Waals surface area contributed by atoms with Crippen LogP contribution in [0, 0.1) is 5.82 Å². The highest BCUT2D eigenvalue weighted by Crippen LogP contribution is 2.20. The van der Waals surface area contributed by atoms with Crippen molar-refractivity contribution in [2.75, 3.05) is 6.54 Å². The van der Waals surface area contributed by atoms with Gasteiger partial charge < -0.3 is 10.2 Å². The standard InChI is InChI=1S/C23H20FN3O2/c24-20-8-4-3-6-18(20)14-26-22(28)17-9-11-25-21(13-17)23(29)27-12-10-16-5-1-2-7-19(16)15-27/h1-9,11,13H,10,12,14-15H2,(H,26,28). The molecule has 0 fully saturated rings. The van der Waals surface area contributed by atoms with Gasteiger partial charge in [0, 0.05) is 37.0 Å². The Morgan fingerprint density at radius 2 is 1.79 bits per heavy atom. The number of amides is 2. The van der Waals surface area contributed by atoms with Crippen LogP contribution in [0.2, 0.25) is 0 Å². The molecule has 1 aliphatic heterocycles. The Labute approximate surface area is 168 Å². The maximum absolute atomic E-state index is 13.7. The van der Waals surface area contributed by atoms with Crippen molar-refractivity contribution in [1.82, 2.24) is 15.2 Å². The van der Waals surface area contributed by atoms with Gasteiger partial charge in [0.15, 0.2) is 0 Å². The molecule has 5 nitrogen and oxygen atoms in total. The van der Waals surface area contributed by atoms with Crippen molar-refractivity contribution in [2.24, 2.45) is 0 Å². The van der Waals surface area contributed by atoms with Crippen molar-refractivity contribution in [3.05, 3.63) is 101 Å². The summed E-state index contributed by atoms with van der Waals surface area (Å²) in [6.45, 7) is 1.21. The van der Waals surface area contributed by atoms with Crippen LogP contribution in [-0.2, 0) is 19.5 Å². The van der Waals surface area contributed by atoms with Crippen LogP contribution in [0.15, 0.2) is 66.9 Å². The molecule has 2 amide bonds. The first-order valence-electron chi connectivity index (χ1n) is 9.45. The van der Waals surface area contributed by atoms with E-state index in [0.717, 1.165) is 12.0 Å². The lowest BCUT2D eigenvalue weighted by atomic mass is 9.99. The number of carbonyl (C=O) groups is 2. The van der Waals surface area contributed by atoms with E-state index in [1.54, 1.807) is 29.2 Å². The molecule has 0 unspecified atom stereocenters. The van der Waals surface area contributed by atoms with Gasteiger partial charge in [-0.1, -0.05) is 42.5 Å². The molecule has 0 spiro atoms. The first-order valence-corrected chi connectivity index (χ1v) is 9.45. The SMILES string of the molecule is O=C(NCc1ccccc1F)c1ccnc(C(=O)N2CCc3ccccc3C2)c1. The molecule has 2 heterocycles. The van der Waals surface area contributed by atoms with Crippen LogP contribution in [0.5, 0.6) is 0 Å². The quantitative estimate of drug-likeness (QED) is 0.744. The van der Waals surface area contributed by atoms with Gasteiger partial charge in [0.1, 0.15) is 11.5 Å². The van der Waals surface area contributed by atoms with E-state index in [1.165, 1.54) is 23.9 Å². The highest BCUT2D eigenvalue weighted by molar-refractivity contribution is 5.98. The highest BCUT2D eigenvalue weighted by Gasteiger charge is 2.23. The molecule has 29 heavy (non-hydrogen) atoms. The van der Waals surface area contributed by atoms with Crippen molar-refractivity contribution in [3.8, 4) is 0 Å². The molecular weight excluding hydrogens is 369 g/mol. The Kier molecular flexibility index (Phi) is 5.33. The zero-order valence-electron chi connectivity index (χ0n) is 15.8. The Morgan fingerprint density at radius 1 is 1.03 bits per heavy atom. The Morgan fingerprint density at radius 3 is 2.62 bits per heavy atom. The molecule has 6 heteroatoms. The zero-order chi connectivity index (χ0) is 20.2. The molecule has 1 N–H and O–H groups in total. The fourth-order valence-corrected chi connectivity index (χ4v) is 3.44. The summed E-state index contributed by atoms with van der Waals surface area (Å²) in [5, 5.41) is 2.68. The number of benzene rings is 2. The molecule has 1 aliphatic rings. The lowest BCUT2D eigenvalue weighted by Crippen LogP contribution is -2.36. The average Bonchev–Trinajstić information content (AvgIpc) is 2.77. The van der Waals surface area contributed by atoms with Gasteiger partial charge in [-0.15, -0.1) is 0 Å². The summed E-state index contributed by atoms with van der Waals surface area (Å²) in [6, 6.07) is 17.4. The van der Waals surface area contributed by atoms with Gasteiger partial charge in [0.2, 0.25) is 0 Å². The number of fused-ring (bicyclic) bond motifs is 1. The number of halogens is 1. The van der Waals surface area contributed by atoms with Crippen molar-refractivity contribution >= 4 is 11.8 Å². The number of pyridine rings is 1. The maximum Gasteiger partial charge on any atom is 0.272 e. The van der Waals surface area contributed by atoms with Crippen molar-refractivity contribution in [3.63, 3.8) is 0 Å². The van der Waals surface area contributed by atoms with Gasteiger partial charge >= 0.3 is 0 Å². The molecule has 0 saturated carbocycles. The van der Waals surface area contributed by atoms with Gasteiger partial charge in [-0.25, -0.2) is 4.39 Å². The number of rotatable bonds is 4. The summed E-state index contributed by atoms with van der Waals surface area (Å²) >= 11 is 0. The summed E-state index contributed by atoms with van der Waals surface area (Å²) in [5.41, 5.74) is 3.33. The summed E-state index contributed by atoms with van der Waals surface area (Å²) in [5.74, 6) is -0.958. The Balaban J connectivity index is 1.45. The minimum absolute atomic E-state index is 0.0695. The van der Waals surface area contributed by atoms with E-state index in [2.05, 4.69) is 16.4 Å². The van der Waals surface area contributed by atoms with Crippen molar-refractivity contribution in [1.29, 1.82) is 0 Å². The van der Waals surface area contributed by atoms with Crippen LogP contribution in [-0.4, -0.2) is 28.2 Å². The fraction of sp³-hybridized carbons (Fsp3) is 0.174. The minimum Gasteiger partial charge on any atom is -0.348 e. The first-order chi connectivity index (χ1) is 14.1. The van der Waals surface area contributed by atoms with E-state index in [-0.39, 0.29) is 29.9 Å². The smallest absolute Gasteiger partial charge is 0.272 e. The second kappa shape index (κ2) is 8.22. The number of nitrogens with zero attached hydrogens (tertiary/aromatic N) is 2. The van der Waals surface area contributed by atoms with Crippen LogP contribution < -0.4 is 5.32 Å². The number of hydrogen-bond donors (Lipinski definition) is 1. The Bertz CT molecular complexity index is 1070. The molecular formula is C23H20FN3O2. The lowest BCUT2D eigenvalue weighted by molar-refractivity contribution is 0.0728. The van der Waals surface area contributed by atoms with Gasteiger partial charge in [-0.2, -0.15) is 0 Å². The number of hydrogen-bond acceptors (Lipinski definition) is 3. The molecule has 146 valence electrons. The third-order valence-corrected chi connectivity index (χ3v) is 5.06. The molecule has 1 aromatic heterocycles. The van der Waals surface area contributed by atoms with Crippen molar-refractivity contribution in [2.45, 2.75) is 19.5 Å². The molecule has 0 saturated heterocycles. The topological polar surface area (TPSA) is 62.3 Å². The number of carbonyl (C=O) groups excluding carboxylic acids is 2. The van der Waals surface area contributed by atoms with Gasteiger partial charge in [-0.3, -0.25) is 14.6 Å². The normalized spacial score (nSPS) is 12.9. The van der Waals surface area contributed by atoms with Crippen LogP contribution in [0.3, 0.4) is 0 Å². The van der Waals surface area contributed by atoms with Crippen LogP contribution >= 0.6 is 0 Å². The first kappa shape index (κ1) is 18.8. The van der Waals surface area contributed by atoms with E-state index >= 15 is 0 Å². The fourth-order valence-electron chi connectivity index (χ4n) is 3.44. The van der Waals surface area contributed by atoms with Crippen LogP contribution in [0.25, 0.3) is 0 Å². The van der Waals surface area contributed by atoms with Crippen LogP contribution in [0.1, 0.15) is 37.5 Å². The van der Waals surface area contributed by atoms with Crippen LogP contribution in [0.4, 0.5) is 4.39 Å². The highest BCUT2D eigenvalue weighted by atomic mass is 19.1. The minimum atomic E-state index is -0.381. The maximum atomic E-state index is 13.7. The zero-order valence-corrected chi connectivity index (χ0v) is 15.8. The second-order valence-corrected chi connectivity index (χ2v) is 6.95.